The molecule has 0 saturated carbocycles. The van der Waals surface area contributed by atoms with Gasteiger partial charge in [-0.15, -0.1) is 0 Å². The molecule has 3 aromatic rings. The summed E-state index contributed by atoms with van der Waals surface area (Å²) in [5.41, 5.74) is 3.43. The van der Waals surface area contributed by atoms with E-state index in [-0.39, 0.29) is 11.7 Å². The largest absolute Gasteiger partial charge is 0.507 e. The van der Waals surface area contributed by atoms with Crippen LogP contribution in [0, 0.1) is 0 Å². The van der Waals surface area contributed by atoms with Crippen molar-refractivity contribution in [3.05, 3.63) is 65.7 Å². The van der Waals surface area contributed by atoms with Gasteiger partial charge in [0.2, 0.25) is 0 Å². The van der Waals surface area contributed by atoms with Gasteiger partial charge in [-0.3, -0.25) is 4.79 Å². The predicted molar refractivity (Wildman–Crippen MR) is 98.1 cm³/mol. The van der Waals surface area contributed by atoms with Crippen LogP contribution >= 0.6 is 0 Å². The highest BCUT2D eigenvalue weighted by molar-refractivity contribution is 6.03. The Bertz CT molecular complexity index is 1010. The van der Waals surface area contributed by atoms with Crippen LogP contribution in [0.3, 0.4) is 0 Å². The van der Waals surface area contributed by atoms with Crippen LogP contribution in [0.5, 0.6) is 17.2 Å². The first-order valence-electron chi connectivity index (χ1n) is 8.16. The Balaban J connectivity index is 1.54. The number of hydrogen-bond acceptors (Lipinski definition) is 5. The van der Waals surface area contributed by atoms with Gasteiger partial charge in [-0.1, -0.05) is 30.3 Å². The Morgan fingerprint density at radius 3 is 2.73 bits per heavy atom. The molecule has 26 heavy (non-hydrogen) atoms. The number of benzene rings is 3. The van der Waals surface area contributed by atoms with E-state index >= 15 is 0 Å². The molecule has 0 radical (unpaired) electrons. The zero-order chi connectivity index (χ0) is 17.9. The van der Waals surface area contributed by atoms with E-state index in [1.807, 2.05) is 30.3 Å². The third kappa shape index (κ3) is 3.04. The van der Waals surface area contributed by atoms with E-state index in [1.54, 1.807) is 24.3 Å². The fourth-order valence-electron chi connectivity index (χ4n) is 2.82. The van der Waals surface area contributed by atoms with Crippen molar-refractivity contribution in [1.29, 1.82) is 0 Å². The van der Waals surface area contributed by atoms with Gasteiger partial charge >= 0.3 is 0 Å². The van der Waals surface area contributed by atoms with Gasteiger partial charge in [0.1, 0.15) is 19.0 Å². The zero-order valence-corrected chi connectivity index (χ0v) is 13.8. The molecule has 0 bridgehead atoms. The smallest absolute Gasteiger partial charge is 0.271 e. The number of carbonyl (C=O) groups is 1. The molecular formula is C20H16N2O4. The highest BCUT2D eigenvalue weighted by Crippen LogP contribution is 2.30. The highest BCUT2D eigenvalue weighted by atomic mass is 16.6. The number of hydrogen-bond donors (Lipinski definition) is 2. The molecule has 0 aromatic heterocycles. The summed E-state index contributed by atoms with van der Waals surface area (Å²) in [5, 5.41) is 15.9. The van der Waals surface area contributed by atoms with Crippen molar-refractivity contribution in [2.75, 3.05) is 13.2 Å². The van der Waals surface area contributed by atoms with Crippen LogP contribution in [0.15, 0.2) is 59.7 Å². The molecular weight excluding hydrogens is 332 g/mol. The number of fused-ring (bicyclic) bond motifs is 2. The minimum atomic E-state index is -0.377. The normalized spacial score (nSPS) is 13.1. The lowest BCUT2D eigenvalue weighted by molar-refractivity contribution is 0.0954. The average Bonchev–Trinajstić information content (AvgIpc) is 2.69. The van der Waals surface area contributed by atoms with Crippen LogP contribution < -0.4 is 14.9 Å². The molecule has 0 spiro atoms. The standard InChI is InChI=1S/C20H16N2O4/c23-17-7-5-13-3-1-2-4-15(13)16(17)12-21-22-20(24)14-6-8-18-19(11-14)26-10-9-25-18/h1-8,11-12,23H,9-10H2,(H,22,24). The van der Waals surface area contributed by atoms with Crippen molar-refractivity contribution < 1.29 is 19.4 Å². The van der Waals surface area contributed by atoms with Crippen LogP contribution in [-0.2, 0) is 0 Å². The van der Waals surface area contributed by atoms with Gasteiger partial charge in [0.15, 0.2) is 11.5 Å². The van der Waals surface area contributed by atoms with Crippen LogP contribution in [0.2, 0.25) is 0 Å². The number of rotatable bonds is 3. The van der Waals surface area contributed by atoms with Crippen LogP contribution in [0.4, 0.5) is 0 Å². The summed E-state index contributed by atoms with van der Waals surface area (Å²) in [6, 6.07) is 16.0. The number of phenols is 1. The molecule has 0 unspecified atom stereocenters. The van der Waals surface area contributed by atoms with E-state index in [1.165, 1.54) is 6.21 Å². The van der Waals surface area contributed by atoms with Gasteiger partial charge in [-0.05, 0) is 35.0 Å². The summed E-state index contributed by atoms with van der Waals surface area (Å²) < 4.78 is 10.9. The highest BCUT2D eigenvalue weighted by Gasteiger charge is 2.14. The molecule has 4 rings (SSSR count). The summed E-state index contributed by atoms with van der Waals surface area (Å²) in [5.74, 6) is 0.885. The summed E-state index contributed by atoms with van der Waals surface area (Å²) in [4.78, 5) is 12.3. The molecule has 2 N–H and O–H groups in total. The lowest BCUT2D eigenvalue weighted by Gasteiger charge is -2.18. The van der Waals surface area contributed by atoms with E-state index in [9.17, 15) is 9.90 Å². The van der Waals surface area contributed by atoms with Crippen molar-refractivity contribution in [2.24, 2.45) is 5.10 Å². The van der Waals surface area contributed by atoms with E-state index < -0.39 is 0 Å². The van der Waals surface area contributed by atoms with Crippen LogP contribution in [-0.4, -0.2) is 30.4 Å². The molecule has 0 atom stereocenters. The summed E-state index contributed by atoms with van der Waals surface area (Å²) in [6.07, 6.45) is 1.44. The van der Waals surface area contributed by atoms with E-state index in [0.29, 0.717) is 35.8 Å². The number of carbonyl (C=O) groups excluding carboxylic acids is 1. The number of phenolic OH excluding ortho intramolecular Hbond substituents is 1. The van der Waals surface area contributed by atoms with Crippen LogP contribution in [0.25, 0.3) is 10.8 Å². The molecule has 6 heteroatoms. The first kappa shape index (κ1) is 16.0. The average molecular weight is 348 g/mol. The fraction of sp³-hybridized carbons (Fsp3) is 0.100. The quantitative estimate of drug-likeness (QED) is 0.563. The van der Waals surface area contributed by atoms with Crippen molar-refractivity contribution in [1.82, 2.24) is 5.43 Å². The SMILES string of the molecule is O=C(NN=Cc1c(O)ccc2ccccc12)c1ccc2c(c1)OCCO2. The molecule has 1 heterocycles. The van der Waals surface area contributed by atoms with Gasteiger partial charge in [0.25, 0.3) is 5.91 Å². The van der Waals surface area contributed by atoms with Gasteiger partial charge in [0.05, 0.1) is 6.21 Å². The molecule has 130 valence electrons. The monoisotopic (exact) mass is 348 g/mol. The zero-order valence-electron chi connectivity index (χ0n) is 13.8. The number of hydrazone groups is 1. The maximum Gasteiger partial charge on any atom is 0.271 e. The van der Waals surface area contributed by atoms with Gasteiger partial charge in [0, 0.05) is 11.1 Å². The van der Waals surface area contributed by atoms with Gasteiger partial charge < -0.3 is 14.6 Å². The number of ether oxygens (including phenoxy) is 2. The van der Waals surface area contributed by atoms with Crippen molar-refractivity contribution in [3.63, 3.8) is 0 Å². The number of nitrogens with zero attached hydrogens (tertiary/aromatic N) is 1. The third-order valence-electron chi connectivity index (χ3n) is 4.11. The molecule has 0 aliphatic carbocycles. The van der Waals surface area contributed by atoms with Gasteiger partial charge in [-0.2, -0.15) is 5.10 Å². The number of amides is 1. The minimum absolute atomic E-state index is 0.0982. The minimum Gasteiger partial charge on any atom is -0.507 e. The van der Waals surface area contributed by atoms with E-state index in [0.717, 1.165) is 10.8 Å². The second-order valence-electron chi connectivity index (χ2n) is 5.78. The maximum absolute atomic E-state index is 12.3. The Morgan fingerprint density at radius 1 is 1.04 bits per heavy atom. The van der Waals surface area contributed by atoms with Crippen LogP contribution in [0.1, 0.15) is 15.9 Å². The lowest BCUT2D eigenvalue weighted by Crippen LogP contribution is -2.19. The Morgan fingerprint density at radius 2 is 1.85 bits per heavy atom. The van der Waals surface area contributed by atoms with E-state index in [4.69, 9.17) is 9.47 Å². The van der Waals surface area contributed by atoms with Gasteiger partial charge in [-0.25, -0.2) is 5.43 Å². The Labute approximate surface area is 149 Å². The van der Waals surface area contributed by atoms with Crippen molar-refractivity contribution in [3.8, 4) is 17.2 Å². The third-order valence-corrected chi connectivity index (χ3v) is 4.11. The first-order valence-corrected chi connectivity index (χ1v) is 8.16. The molecule has 1 aliphatic rings. The van der Waals surface area contributed by atoms with E-state index in [2.05, 4.69) is 10.5 Å². The van der Waals surface area contributed by atoms with Crippen molar-refractivity contribution in [2.45, 2.75) is 0 Å². The fourth-order valence-corrected chi connectivity index (χ4v) is 2.82. The summed E-state index contributed by atoms with van der Waals surface area (Å²) in [7, 11) is 0. The summed E-state index contributed by atoms with van der Waals surface area (Å²) >= 11 is 0. The predicted octanol–water partition coefficient (Wildman–Crippen LogP) is 3.08. The summed E-state index contributed by atoms with van der Waals surface area (Å²) in [6.45, 7) is 0.952. The molecule has 0 saturated heterocycles. The molecule has 6 nitrogen and oxygen atoms in total. The number of nitrogens with one attached hydrogen (secondary N) is 1. The lowest BCUT2D eigenvalue weighted by atomic mass is 10.0. The topological polar surface area (TPSA) is 80.2 Å². The second kappa shape index (κ2) is 6.76. The first-order chi connectivity index (χ1) is 12.7. The molecule has 1 amide bonds. The molecule has 3 aromatic carbocycles. The maximum atomic E-state index is 12.3. The van der Waals surface area contributed by atoms with Crippen molar-refractivity contribution >= 4 is 22.9 Å². The molecule has 0 fully saturated rings. The Kier molecular flexibility index (Phi) is 4.15. The Hall–Kier alpha value is -3.54. The molecule has 1 aliphatic heterocycles. The number of aromatic hydroxyl groups is 1. The second-order valence-corrected chi connectivity index (χ2v) is 5.78.